The topological polar surface area (TPSA) is 0 Å². The summed E-state index contributed by atoms with van der Waals surface area (Å²) in [6, 6.07) is 11.9. The summed E-state index contributed by atoms with van der Waals surface area (Å²) in [5.41, 5.74) is 12.4. The maximum atomic E-state index is 2.52. The van der Waals surface area contributed by atoms with E-state index in [9.17, 15) is 0 Å². The minimum absolute atomic E-state index is 0. The van der Waals surface area contributed by atoms with Crippen LogP contribution in [0, 0.1) is 0 Å². The molecule has 0 spiro atoms. The van der Waals surface area contributed by atoms with Crippen molar-refractivity contribution < 1.29 is 24.7 Å². The Morgan fingerprint density at radius 2 is 1.65 bits per heavy atom. The summed E-state index contributed by atoms with van der Waals surface area (Å²) in [6.45, 7) is 9.17. The second-order valence-corrected chi connectivity index (χ2v) is 9.81. The molecule has 0 amide bonds. The third-order valence-electron chi connectivity index (χ3n) is 5.65. The predicted octanol–water partition coefficient (Wildman–Crippen LogP) is 6.99. The second kappa shape index (κ2) is 7.94. The molecule has 1 atom stereocenters. The van der Waals surface area contributed by atoms with Crippen molar-refractivity contribution in [3.05, 3.63) is 63.7 Å². The van der Waals surface area contributed by atoms with Gasteiger partial charge in [0.15, 0.2) is 0 Å². The quantitative estimate of drug-likeness (QED) is 0.426. The zero-order chi connectivity index (χ0) is 17.1. The van der Waals surface area contributed by atoms with E-state index in [2.05, 4.69) is 64.1 Å². The first-order chi connectivity index (χ1) is 11.4. The Labute approximate surface area is 185 Å². The van der Waals surface area contributed by atoms with Crippen LogP contribution in [0.1, 0.15) is 65.6 Å². The number of hydrogen-bond donors (Lipinski definition) is 0. The fraction of sp³-hybridized carbons (Fsp3) is 0.391. The number of rotatable bonds is 1. The smallest absolute Gasteiger partial charge is 0.147 e. The van der Waals surface area contributed by atoms with Crippen LogP contribution in [0.25, 0.3) is 17.2 Å². The monoisotopic (exact) mass is 463 g/mol. The molecule has 2 aliphatic carbocycles. The summed E-state index contributed by atoms with van der Waals surface area (Å²) in [5.74, 6) is 0. The van der Waals surface area contributed by atoms with E-state index in [0.29, 0.717) is 3.63 Å². The van der Waals surface area contributed by atoms with Crippen LogP contribution in [-0.4, -0.2) is 0 Å². The minimum Gasteiger partial charge on any atom is -0.147 e. The molecule has 0 aliphatic heterocycles. The van der Waals surface area contributed by atoms with Crippen molar-refractivity contribution >= 4 is 30.9 Å². The molecule has 0 nitrogen and oxygen atoms in total. The molecule has 2 aromatic rings. The van der Waals surface area contributed by atoms with Crippen molar-refractivity contribution in [2.45, 2.75) is 56.0 Å². The molecule has 0 aromatic heterocycles. The molecular formula is C23H27Cl2Zr. The molecule has 26 heavy (non-hydrogen) atoms. The number of allylic oxidation sites excluding steroid dienone is 1. The van der Waals surface area contributed by atoms with E-state index in [1.165, 1.54) is 41.5 Å². The average Bonchev–Trinajstić information content (AvgIpc) is 3.10. The summed E-state index contributed by atoms with van der Waals surface area (Å²) in [7, 11) is 0. The van der Waals surface area contributed by atoms with Crippen LogP contribution in [0.4, 0.5) is 0 Å². The van der Waals surface area contributed by atoms with Gasteiger partial charge in [0.05, 0.1) is 0 Å². The van der Waals surface area contributed by atoms with Crippen molar-refractivity contribution in [2.75, 3.05) is 0 Å². The van der Waals surface area contributed by atoms with E-state index in [4.69, 9.17) is 0 Å². The van der Waals surface area contributed by atoms with Gasteiger partial charge in [0, 0.05) is 0 Å². The van der Waals surface area contributed by atoms with E-state index >= 15 is 0 Å². The molecule has 0 bridgehead atoms. The fourth-order valence-corrected chi connectivity index (χ4v) is 4.99. The average molecular weight is 466 g/mol. The van der Waals surface area contributed by atoms with Crippen LogP contribution in [0.3, 0.4) is 0 Å². The summed E-state index contributed by atoms with van der Waals surface area (Å²) in [4.78, 5) is 0. The predicted molar refractivity (Wildman–Crippen MR) is 113 cm³/mol. The molecular weight excluding hydrogens is 438 g/mol. The Balaban J connectivity index is 0.00000121. The zero-order valence-electron chi connectivity index (χ0n) is 16.0. The second-order valence-electron chi connectivity index (χ2n) is 8.39. The first-order valence-electron chi connectivity index (χ1n) is 9.05. The van der Waals surface area contributed by atoms with Gasteiger partial charge in [0.1, 0.15) is 0 Å². The van der Waals surface area contributed by atoms with Gasteiger partial charge in [-0.3, -0.25) is 0 Å². The molecule has 0 saturated carbocycles. The first-order valence-corrected chi connectivity index (χ1v) is 10.5. The fourth-order valence-electron chi connectivity index (χ4n) is 4.20. The third kappa shape index (κ3) is 3.65. The molecule has 2 aromatic carbocycles. The largest absolute Gasteiger partial charge is 0.147 e. The van der Waals surface area contributed by atoms with Gasteiger partial charge in [-0.2, -0.15) is 0 Å². The zero-order valence-corrected chi connectivity index (χ0v) is 20.1. The number of hydrogen-bond acceptors (Lipinski definition) is 0. The standard InChI is InChI=1S/C23H25.2ClH.Zr/c1-15-12-18-14-17-6-5-7-20(17)22(21(18)13-15)16-8-10-19(11-9-16)23(2,3)4;;;/h8-14H,5-7H2,1-4H3;2*1H;. The maximum Gasteiger partial charge on any atom is -0.147 e. The first kappa shape index (κ1) is 21.9. The van der Waals surface area contributed by atoms with Gasteiger partial charge >= 0.3 is 162 Å². The van der Waals surface area contributed by atoms with E-state index in [0.717, 1.165) is 0 Å². The van der Waals surface area contributed by atoms with Crippen molar-refractivity contribution in [1.29, 1.82) is 0 Å². The number of fused-ring (bicyclic) bond motifs is 2. The van der Waals surface area contributed by atoms with E-state index in [1.807, 2.05) is 0 Å². The molecule has 4 rings (SSSR count). The van der Waals surface area contributed by atoms with Gasteiger partial charge in [-0.15, -0.1) is 24.8 Å². The molecule has 2 aliphatic rings. The summed E-state index contributed by atoms with van der Waals surface area (Å²) in [6.07, 6.45) is 6.28. The molecule has 0 radical (unpaired) electrons. The van der Waals surface area contributed by atoms with Gasteiger partial charge in [0.2, 0.25) is 0 Å². The normalized spacial score (nSPS) is 17.7. The number of halogens is 2. The molecule has 3 heteroatoms. The van der Waals surface area contributed by atoms with Gasteiger partial charge in [-0.25, -0.2) is 0 Å². The van der Waals surface area contributed by atoms with Crippen LogP contribution >= 0.6 is 24.8 Å². The van der Waals surface area contributed by atoms with Crippen molar-refractivity contribution in [1.82, 2.24) is 0 Å². The minimum atomic E-state index is 0. The molecule has 1 unspecified atom stereocenters. The summed E-state index contributed by atoms with van der Waals surface area (Å²) in [5, 5.41) is 0. The maximum absolute atomic E-state index is 2.52. The number of benzene rings is 2. The SMILES string of the molecule is CC1=Cc2c(cc3c(c2-c2ccc(C(C)(C)C)cc2)CCC3)[CH]1[Zr].Cl.Cl. The van der Waals surface area contributed by atoms with Crippen LogP contribution in [0.15, 0.2) is 35.9 Å². The molecule has 137 valence electrons. The molecule has 0 saturated heterocycles. The van der Waals surface area contributed by atoms with E-state index in [1.54, 1.807) is 47.0 Å². The van der Waals surface area contributed by atoms with Gasteiger partial charge in [-0.1, -0.05) is 0 Å². The van der Waals surface area contributed by atoms with Crippen LogP contribution < -0.4 is 0 Å². The van der Waals surface area contributed by atoms with E-state index < -0.39 is 0 Å². The molecule has 0 heterocycles. The number of aryl methyl sites for hydroxylation is 1. The summed E-state index contributed by atoms with van der Waals surface area (Å²) >= 11 is 1.62. The van der Waals surface area contributed by atoms with Gasteiger partial charge in [-0.05, 0) is 0 Å². The molecule has 0 N–H and O–H groups in total. The Morgan fingerprint density at radius 1 is 1.00 bits per heavy atom. The van der Waals surface area contributed by atoms with Crippen molar-refractivity contribution in [3.8, 4) is 11.1 Å². The van der Waals surface area contributed by atoms with Crippen LogP contribution in [-0.2, 0) is 43.0 Å². The van der Waals surface area contributed by atoms with Gasteiger partial charge in [0.25, 0.3) is 0 Å². The van der Waals surface area contributed by atoms with Crippen molar-refractivity contribution in [2.24, 2.45) is 0 Å². The summed E-state index contributed by atoms with van der Waals surface area (Å²) < 4.78 is 0.658. The third-order valence-corrected chi connectivity index (χ3v) is 7.53. The molecule has 0 fully saturated rings. The van der Waals surface area contributed by atoms with Gasteiger partial charge < -0.3 is 0 Å². The Hall–Kier alpha value is -0.357. The van der Waals surface area contributed by atoms with Crippen LogP contribution in [0.5, 0.6) is 0 Å². The van der Waals surface area contributed by atoms with Crippen molar-refractivity contribution in [3.63, 3.8) is 0 Å². The Kier molecular flexibility index (Phi) is 6.70. The Morgan fingerprint density at radius 3 is 2.27 bits per heavy atom. The van der Waals surface area contributed by atoms with Crippen LogP contribution in [0.2, 0.25) is 0 Å². The van der Waals surface area contributed by atoms with E-state index in [-0.39, 0.29) is 30.2 Å². The Bertz CT molecular complexity index is 842.